The highest BCUT2D eigenvalue weighted by molar-refractivity contribution is 7.80. The molecule has 2 aliphatic rings. The Morgan fingerprint density at radius 1 is 1.11 bits per heavy atom. The van der Waals surface area contributed by atoms with E-state index in [0.717, 1.165) is 22.5 Å². The van der Waals surface area contributed by atoms with Crippen molar-refractivity contribution in [2.75, 3.05) is 23.8 Å². The Kier molecular flexibility index (Phi) is 6.97. The van der Waals surface area contributed by atoms with Gasteiger partial charge in [0, 0.05) is 43.1 Å². The van der Waals surface area contributed by atoms with Crippen LogP contribution in [0.5, 0.6) is 0 Å². The number of thiocarbonyl (C=S) groups is 1. The zero-order valence-corrected chi connectivity index (χ0v) is 23.5. The predicted octanol–water partition coefficient (Wildman–Crippen LogP) is 6.02. The summed E-state index contributed by atoms with van der Waals surface area (Å²) in [6.07, 6.45) is 4.45. The standard InChI is InChI=1S/C31H35N5OS/c1-20-9-8-10-23(17-20)33-27(37)14-16-36-29(28(34-30(36)38)25-11-6-7-15-32-25)22-12-13-26-24(18-22)21(2)19-31(3,4)35(26)5/h6-13,15,17-19,28-29H,14,16H2,1-5H3,(H,33,37)(H,34,38)/t28-,29-/m0/s1. The fourth-order valence-corrected chi connectivity index (χ4v) is 5.87. The van der Waals surface area contributed by atoms with E-state index in [1.807, 2.05) is 55.6 Å². The molecule has 2 N–H and O–H groups in total. The van der Waals surface area contributed by atoms with Crippen LogP contribution in [0.4, 0.5) is 11.4 Å². The number of nitrogens with zero attached hydrogens (tertiary/aromatic N) is 3. The summed E-state index contributed by atoms with van der Waals surface area (Å²) >= 11 is 5.82. The Bertz CT molecular complexity index is 1400. The number of likely N-dealkylation sites (N-methyl/N-ethyl adjacent to an activating group) is 1. The number of aryl methyl sites for hydroxylation is 1. The maximum atomic E-state index is 12.9. The molecule has 5 rings (SSSR count). The average Bonchev–Trinajstić information content (AvgIpc) is 3.22. The first-order chi connectivity index (χ1) is 18.1. The Hall–Kier alpha value is -3.71. The second-order valence-electron chi connectivity index (χ2n) is 10.8. The van der Waals surface area contributed by atoms with Gasteiger partial charge in [-0.15, -0.1) is 0 Å². The Labute approximate surface area is 230 Å². The second-order valence-corrected chi connectivity index (χ2v) is 11.2. The normalized spacial score (nSPS) is 20.0. The molecule has 0 aliphatic carbocycles. The van der Waals surface area contributed by atoms with Gasteiger partial charge in [0.15, 0.2) is 5.11 Å². The third kappa shape index (κ3) is 5.03. The highest BCUT2D eigenvalue weighted by Gasteiger charge is 2.40. The molecular formula is C31H35N5OS. The molecule has 2 aliphatic heterocycles. The van der Waals surface area contributed by atoms with Crippen LogP contribution in [0.25, 0.3) is 5.57 Å². The van der Waals surface area contributed by atoms with Crippen LogP contribution in [0, 0.1) is 6.92 Å². The zero-order chi connectivity index (χ0) is 27.0. The first-order valence-corrected chi connectivity index (χ1v) is 13.5. The second kappa shape index (κ2) is 10.2. The van der Waals surface area contributed by atoms with Crippen LogP contribution in [0.15, 0.2) is 72.9 Å². The highest BCUT2D eigenvalue weighted by Crippen LogP contribution is 2.43. The number of rotatable bonds is 6. The number of anilines is 2. The molecule has 0 unspecified atom stereocenters. The number of aromatic nitrogens is 1. The molecule has 38 heavy (non-hydrogen) atoms. The van der Waals surface area contributed by atoms with Gasteiger partial charge >= 0.3 is 0 Å². The molecule has 2 aromatic carbocycles. The Morgan fingerprint density at radius 2 is 1.92 bits per heavy atom. The number of hydrogen-bond donors (Lipinski definition) is 2. The molecule has 7 heteroatoms. The number of benzene rings is 2. The summed E-state index contributed by atoms with van der Waals surface area (Å²) in [7, 11) is 2.14. The van der Waals surface area contributed by atoms with E-state index in [2.05, 4.69) is 77.5 Å². The number of carbonyl (C=O) groups is 1. The van der Waals surface area contributed by atoms with Crippen LogP contribution >= 0.6 is 12.2 Å². The topological polar surface area (TPSA) is 60.5 Å². The van der Waals surface area contributed by atoms with Gasteiger partial charge in [0.25, 0.3) is 0 Å². The number of carbonyl (C=O) groups excluding carboxylic acids is 1. The molecule has 3 aromatic rings. The van der Waals surface area contributed by atoms with Gasteiger partial charge < -0.3 is 20.4 Å². The average molecular weight is 526 g/mol. The molecule has 1 amide bonds. The fourth-order valence-electron chi connectivity index (χ4n) is 5.54. The predicted molar refractivity (Wildman–Crippen MR) is 159 cm³/mol. The fraction of sp³-hybridized carbons (Fsp3) is 0.323. The van der Waals surface area contributed by atoms with E-state index < -0.39 is 0 Å². The maximum Gasteiger partial charge on any atom is 0.226 e. The summed E-state index contributed by atoms with van der Waals surface area (Å²) < 4.78 is 0. The Morgan fingerprint density at radius 3 is 2.66 bits per heavy atom. The van der Waals surface area contributed by atoms with Crippen molar-refractivity contribution in [3.63, 3.8) is 0 Å². The van der Waals surface area contributed by atoms with Crippen LogP contribution in [-0.4, -0.2) is 40.0 Å². The van der Waals surface area contributed by atoms with Gasteiger partial charge in [-0.25, -0.2) is 0 Å². The smallest absolute Gasteiger partial charge is 0.226 e. The summed E-state index contributed by atoms with van der Waals surface area (Å²) in [6.45, 7) is 9.15. The Balaban J connectivity index is 1.45. The molecule has 0 bridgehead atoms. The first-order valence-electron chi connectivity index (χ1n) is 13.1. The van der Waals surface area contributed by atoms with Gasteiger partial charge in [-0.05, 0) is 93.0 Å². The summed E-state index contributed by atoms with van der Waals surface area (Å²) in [5, 5.41) is 7.16. The molecule has 2 atom stereocenters. The molecule has 1 aromatic heterocycles. The largest absolute Gasteiger partial charge is 0.366 e. The van der Waals surface area contributed by atoms with Crippen LogP contribution in [-0.2, 0) is 4.79 Å². The molecular weight excluding hydrogens is 490 g/mol. The van der Waals surface area contributed by atoms with Gasteiger partial charge in [0.2, 0.25) is 5.91 Å². The minimum absolute atomic E-state index is 0.0356. The molecule has 1 fully saturated rings. The molecule has 196 valence electrons. The third-order valence-corrected chi connectivity index (χ3v) is 8.01. The van der Waals surface area contributed by atoms with Crippen LogP contribution in [0.1, 0.15) is 61.7 Å². The highest BCUT2D eigenvalue weighted by atomic mass is 32.1. The molecule has 0 radical (unpaired) electrons. The van der Waals surface area contributed by atoms with Crippen molar-refractivity contribution in [1.82, 2.24) is 15.2 Å². The minimum atomic E-state index is -0.122. The first kappa shape index (κ1) is 25.9. The quantitative estimate of drug-likeness (QED) is 0.384. The van der Waals surface area contributed by atoms with E-state index in [1.165, 1.54) is 16.8 Å². The lowest BCUT2D eigenvalue weighted by Crippen LogP contribution is -2.42. The number of amides is 1. The lowest BCUT2D eigenvalue weighted by molar-refractivity contribution is -0.116. The lowest BCUT2D eigenvalue weighted by atomic mass is 9.86. The SMILES string of the molecule is CC1=CC(C)(C)N(C)c2ccc([C@H]3[C@H](c4ccccn4)NC(=S)N3CCC(=O)Nc3cccc(C)c3)cc21. The summed E-state index contributed by atoms with van der Waals surface area (Å²) in [5.74, 6) is -0.0356. The molecule has 0 spiro atoms. The van der Waals surface area contributed by atoms with Crippen LogP contribution in [0.3, 0.4) is 0 Å². The van der Waals surface area contributed by atoms with Crippen molar-refractivity contribution in [2.24, 2.45) is 0 Å². The van der Waals surface area contributed by atoms with Crippen LogP contribution < -0.4 is 15.5 Å². The molecule has 3 heterocycles. The van der Waals surface area contributed by atoms with Gasteiger partial charge in [0.05, 0.1) is 23.3 Å². The number of fused-ring (bicyclic) bond motifs is 1. The monoisotopic (exact) mass is 525 g/mol. The van der Waals surface area contributed by atoms with Crippen molar-refractivity contribution in [3.8, 4) is 0 Å². The van der Waals surface area contributed by atoms with Crippen molar-refractivity contribution in [2.45, 2.75) is 51.7 Å². The van der Waals surface area contributed by atoms with Crippen molar-refractivity contribution in [1.29, 1.82) is 0 Å². The lowest BCUT2D eigenvalue weighted by Gasteiger charge is -2.41. The van der Waals surface area contributed by atoms with E-state index in [0.29, 0.717) is 18.1 Å². The minimum Gasteiger partial charge on any atom is -0.366 e. The molecule has 0 saturated carbocycles. The van der Waals surface area contributed by atoms with Crippen molar-refractivity contribution in [3.05, 3.63) is 95.3 Å². The number of hydrogen-bond acceptors (Lipinski definition) is 4. The van der Waals surface area contributed by atoms with Crippen molar-refractivity contribution < 1.29 is 4.79 Å². The van der Waals surface area contributed by atoms with Gasteiger partial charge in [-0.3, -0.25) is 9.78 Å². The maximum absolute atomic E-state index is 12.9. The van der Waals surface area contributed by atoms with Crippen molar-refractivity contribution >= 4 is 40.2 Å². The van der Waals surface area contributed by atoms with Gasteiger partial charge in [-0.2, -0.15) is 0 Å². The van der Waals surface area contributed by atoms with Gasteiger partial charge in [0.1, 0.15) is 0 Å². The molecule has 6 nitrogen and oxygen atoms in total. The number of nitrogens with one attached hydrogen (secondary N) is 2. The van der Waals surface area contributed by atoms with E-state index in [1.54, 1.807) is 0 Å². The molecule has 1 saturated heterocycles. The number of allylic oxidation sites excluding steroid dienone is 1. The van der Waals surface area contributed by atoms with Crippen LogP contribution in [0.2, 0.25) is 0 Å². The van der Waals surface area contributed by atoms with Gasteiger partial charge in [-0.1, -0.05) is 30.3 Å². The summed E-state index contributed by atoms with van der Waals surface area (Å²) in [4.78, 5) is 22.0. The van der Waals surface area contributed by atoms with E-state index in [4.69, 9.17) is 12.2 Å². The third-order valence-electron chi connectivity index (χ3n) is 7.66. The number of pyridine rings is 1. The van der Waals surface area contributed by atoms with E-state index in [-0.39, 0.29) is 23.5 Å². The van der Waals surface area contributed by atoms with E-state index in [9.17, 15) is 4.79 Å². The summed E-state index contributed by atoms with van der Waals surface area (Å²) in [6, 6.07) is 20.3. The van der Waals surface area contributed by atoms with E-state index >= 15 is 0 Å². The zero-order valence-electron chi connectivity index (χ0n) is 22.7. The summed E-state index contributed by atoms with van der Waals surface area (Å²) in [5.41, 5.74) is 7.63.